The first-order chi connectivity index (χ1) is 14.6. The highest BCUT2D eigenvalue weighted by Gasteiger charge is 2.26. The zero-order chi connectivity index (χ0) is 20.9. The van der Waals surface area contributed by atoms with Crippen molar-refractivity contribution in [1.82, 2.24) is 14.8 Å². The number of amides is 2. The van der Waals surface area contributed by atoms with Crippen LogP contribution < -0.4 is 4.90 Å². The third-order valence-electron chi connectivity index (χ3n) is 6.83. The fraction of sp³-hybridized carbons (Fsp3) is 0.696. The number of anilines is 1. The average molecular weight is 433 g/mol. The summed E-state index contributed by atoms with van der Waals surface area (Å²) in [7, 11) is 0. The van der Waals surface area contributed by atoms with Gasteiger partial charge < -0.3 is 14.7 Å². The summed E-state index contributed by atoms with van der Waals surface area (Å²) < 4.78 is 0. The standard InChI is InChI=1S/C23H33ClN4O2/c24-20-16-19(23(30)28-9-5-2-6-10-28)17-25-22(20)27-13-11-26(12-14-27)21(29)15-18-7-3-1-4-8-18/h16-18H,1-15H2. The van der Waals surface area contributed by atoms with Crippen LogP contribution in [0.25, 0.3) is 0 Å². The highest BCUT2D eigenvalue weighted by molar-refractivity contribution is 6.33. The molecule has 1 aliphatic carbocycles. The zero-order valence-corrected chi connectivity index (χ0v) is 18.6. The van der Waals surface area contributed by atoms with Gasteiger partial charge in [0.25, 0.3) is 5.91 Å². The van der Waals surface area contributed by atoms with Crippen LogP contribution in [-0.2, 0) is 4.79 Å². The maximum absolute atomic E-state index is 12.7. The number of halogens is 1. The van der Waals surface area contributed by atoms with Gasteiger partial charge in [0.1, 0.15) is 5.82 Å². The van der Waals surface area contributed by atoms with Crippen LogP contribution >= 0.6 is 11.6 Å². The summed E-state index contributed by atoms with van der Waals surface area (Å²) >= 11 is 6.52. The smallest absolute Gasteiger partial charge is 0.255 e. The second-order valence-corrected chi connectivity index (χ2v) is 9.37. The molecule has 0 spiro atoms. The molecule has 164 valence electrons. The first kappa shape index (κ1) is 21.4. The molecule has 6 nitrogen and oxygen atoms in total. The summed E-state index contributed by atoms with van der Waals surface area (Å²) in [5.74, 6) is 1.61. The summed E-state index contributed by atoms with van der Waals surface area (Å²) in [5.41, 5.74) is 0.562. The molecule has 0 aromatic carbocycles. The maximum atomic E-state index is 12.7. The summed E-state index contributed by atoms with van der Waals surface area (Å²) in [6, 6.07) is 1.75. The van der Waals surface area contributed by atoms with Gasteiger partial charge in [-0.2, -0.15) is 0 Å². The van der Waals surface area contributed by atoms with Crippen molar-refractivity contribution in [3.63, 3.8) is 0 Å². The molecule has 0 unspecified atom stereocenters. The van der Waals surface area contributed by atoms with Crippen molar-refractivity contribution in [3.8, 4) is 0 Å². The third kappa shape index (κ3) is 5.08. The van der Waals surface area contributed by atoms with Gasteiger partial charge in [-0.1, -0.05) is 30.9 Å². The number of aromatic nitrogens is 1. The topological polar surface area (TPSA) is 56.8 Å². The molecule has 4 rings (SSSR count). The first-order valence-corrected chi connectivity index (χ1v) is 12.0. The van der Waals surface area contributed by atoms with E-state index in [-0.39, 0.29) is 5.91 Å². The third-order valence-corrected chi connectivity index (χ3v) is 7.11. The van der Waals surface area contributed by atoms with E-state index >= 15 is 0 Å². The lowest BCUT2D eigenvalue weighted by molar-refractivity contribution is -0.132. The van der Waals surface area contributed by atoms with Crippen molar-refractivity contribution in [3.05, 3.63) is 22.8 Å². The highest BCUT2D eigenvalue weighted by atomic mass is 35.5. The Morgan fingerprint density at radius 1 is 0.900 bits per heavy atom. The fourth-order valence-corrected chi connectivity index (χ4v) is 5.28. The summed E-state index contributed by atoms with van der Waals surface area (Å²) in [6.07, 6.45) is 11.9. The van der Waals surface area contributed by atoms with E-state index in [0.717, 1.165) is 39.0 Å². The molecule has 0 N–H and O–H groups in total. The summed E-state index contributed by atoms with van der Waals surface area (Å²) in [5, 5.41) is 0.514. The molecule has 0 bridgehead atoms. The van der Waals surface area contributed by atoms with Gasteiger partial charge in [-0.05, 0) is 44.1 Å². The molecule has 2 aliphatic heterocycles. The summed E-state index contributed by atoms with van der Waals surface area (Å²) in [6.45, 7) is 4.49. The molecular weight excluding hydrogens is 400 g/mol. The van der Waals surface area contributed by atoms with Crippen molar-refractivity contribution in [1.29, 1.82) is 0 Å². The van der Waals surface area contributed by atoms with Crippen LogP contribution in [0, 0.1) is 5.92 Å². The fourth-order valence-electron chi connectivity index (χ4n) is 4.99. The van der Waals surface area contributed by atoms with E-state index in [9.17, 15) is 9.59 Å². The number of carbonyl (C=O) groups excluding carboxylic acids is 2. The van der Waals surface area contributed by atoms with E-state index < -0.39 is 0 Å². The molecule has 0 radical (unpaired) electrons. The van der Waals surface area contributed by atoms with Crippen LogP contribution in [0.2, 0.25) is 5.02 Å². The Bertz CT molecular complexity index is 752. The SMILES string of the molecule is O=C(CC1CCCCC1)N1CCN(c2ncc(C(=O)N3CCCCC3)cc2Cl)CC1. The number of likely N-dealkylation sites (tertiary alicyclic amines) is 1. The van der Waals surface area contributed by atoms with E-state index in [1.54, 1.807) is 12.3 Å². The maximum Gasteiger partial charge on any atom is 0.255 e. The number of rotatable bonds is 4. The van der Waals surface area contributed by atoms with E-state index in [1.807, 2.05) is 9.80 Å². The predicted molar refractivity (Wildman–Crippen MR) is 119 cm³/mol. The number of hydrogen-bond donors (Lipinski definition) is 0. The van der Waals surface area contributed by atoms with E-state index in [0.29, 0.717) is 47.7 Å². The van der Waals surface area contributed by atoms with Gasteiger partial charge in [-0.3, -0.25) is 9.59 Å². The van der Waals surface area contributed by atoms with Gasteiger partial charge >= 0.3 is 0 Å². The number of carbonyl (C=O) groups is 2. The highest BCUT2D eigenvalue weighted by Crippen LogP contribution is 2.28. The van der Waals surface area contributed by atoms with Gasteiger partial charge in [0, 0.05) is 51.9 Å². The Balaban J connectivity index is 1.31. The minimum atomic E-state index is 0.0220. The lowest BCUT2D eigenvalue weighted by Crippen LogP contribution is -2.49. The lowest BCUT2D eigenvalue weighted by atomic mass is 9.86. The number of piperidine rings is 1. The van der Waals surface area contributed by atoms with E-state index in [2.05, 4.69) is 9.88 Å². The number of pyridine rings is 1. The van der Waals surface area contributed by atoms with Crippen molar-refractivity contribution >= 4 is 29.2 Å². The quantitative estimate of drug-likeness (QED) is 0.722. The van der Waals surface area contributed by atoms with Crippen LogP contribution in [0.1, 0.15) is 68.1 Å². The summed E-state index contributed by atoms with van der Waals surface area (Å²) in [4.78, 5) is 35.9. The normalized spacial score (nSPS) is 21.0. The lowest BCUT2D eigenvalue weighted by Gasteiger charge is -2.36. The Labute approximate surface area is 184 Å². The molecule has 1 saturated carbocycles. The molecule has 3 aliphatic rings. The Kier molecular flexibility index (Phi) is 7.13. The Morgan fingerprint density at radius 3 is 2.23 bits per heavy atom. The van der Waals surface area contributed by atoms with E-state index in [1.165, 1.54) is 38.5 Å². The van der Waals surface area contributed by atoms with Crippen molar-refractivity contribution in [2.24, 2.45) is 5.92 Å². The predicted octanol–water partition coefficient (Wildman–Crippen LogP) is 3.98. The molecular formula is C23H33ClN4O2. The van der Waals surface area contributed by atoms with Gasteiger partial charge in [0.2, 0.25) is 5.91 Å². The molecule has 30 heavy (non-hydrogen) atoms. The van der Waals surface area contributed by atoms with Gasteiger partial charge in [0.05, 0.1) is 10.6 Å². The van der Waals surface area contributed by atoms with Gasteiger partial charge in [-0.25, -0.2) is 4.98 Å². The second-order valence-electron chi connectivity index (χ2n) is 8.96. The molecule has 1 aromatic heterocycles. The molecule has 3 heterocycles. The molecule has 2 saturated heterocycles. The van der Waals surface area contributed by atoms with Crippen molar-refractivity contribution in [2.45, 2.75) is 57.8 Å². The van der Waals surface area contributed by atoms with Crippen LogP contribution in [-0.4, -0.2) is 65.9 Å². The molecule has 0 atom stereocenters. The van der Waals surface area contributed by atoms with Crippen LogP contribution in [0.3, 0.4) is 0 Å². The van der Waals surface area contributed by atoms with Crippen LogP contribution in [0.15, 0.2) is 12.3 Å². The van der Waals surface area contributed by atoms with Crippen molar-refractivity contribution in [2.75, 3.05) is 44.2 Å². The molecule has 3 fully saturated rings. The second kappa shape index (κ2) is 9.99. The number of nitrogens with zero attached hydrogens (tertiary/aromatic N) is 4. The average Bonchev–Trinajstić information content (AvgIpc) is 2.80. The minimum Gasteiger partial charge on any atom is -0.352 e. The Morgan fingerprint density at radius 2 is 1.57 bits per heavy atom. The molecule has 7 heteroatoms. The van der Waals surface area contributed by atoms with Crippen LogP contribution in [0.5, 0.6) is 0 Å². The van der Waals surface area contributed by atoms with Crippen molar-refractivity contribution < 1.29 is 9.59 Å². The van der Waals surface area contributed by atoms with Crippen LogP contribution in [0.4, 0.5) is 5.82 Å². The van der Waals surface area contributed by atoms with Gasteiger partial charge in [0.15, 0.2) is 0 Å². The molecule has 2 amide bonds. The first-order valence-electron chi connectivity index (χ1n) is 11.6. The minimum absolute atomic E-state index is 0.0220. The number of piperazine rings is 1. The van der Waals surface area contributed by atoms with E-state index in [4.69, 9.17) is 11.6 Å². The monoisotopic (exact) mass is 432 g/mol. The van der Waals surface area contributed by atoms with Gasteiger partial charge in [-0.15, -0.1) is 0 Å². The zero-order valence-electron chi connectivity index (χ0n) is 17.8. The Hall–Kier alpha value is -1.82. The molecule has 1 aromatic rings. The number of hydrogen-bond acceptors (Lipinski definition) is 4. The largest absolute Gasteiger partial charge is 0.352 e.